The maximum absolute atomic E-state index is 10.7. The van der Waals surface area contributed by atoms with Gasteiger partial charge in [0.1, 0.15) is 0 Å². The topological polar surface area (TPSA) is 43.7 Å². The van der Waals surface area contributed by atoms with Gasteiger partial charge in [-0.15, -0.1) is 0 Å². The molecule has 3 heteroatoms. The summed E-state index contributed by atoms with van der Waals surface area (Å²) in [6.07, 6.45) is 30.4. The highest BCUT2D eigenvalue weighted by molar-refractivity contribution is 4.71. The third-order valence-corrected chi connectivity index (χ3v) is 8.35. The summed E-state index contributed by atoms with van der Waals surface area (Å²) < 4.78 is 0. The molecule has 0 amide bonds. The van der Waals surface area contributed by atoms with Gasteiger partial charge in [-0.05, 0) is 31.7 Å². The molecule has 0 aromatic rings. The minimum absolute atomic E-state index is 0.254. The fourth-order valence-electron chi connectivity index (χ4n) is 5.38. The smallest absolute Gasteiger partial charge is 0.0667 e. The largest absolute Gasteiger partial charge is 0.392 e. The lowest BCUT2D eigenvalue weighted by Crippen LogP contribution is -2.39. The summed E-state index contributed by atoms with van der Waals surface area (Å²) in [5.74, 6) is 0.709. The predicted octanol–water partition coefficient (Wildman–Crippen LogP) is 10.1. The molecule has 0 saturated heterocycles. The quantitative estimate of drug-likeness (QED) is 0.0917. The first-order valence-electron chi connectivity index (χ1n) is 17.1. The van der Waals surface area contributed by atoms with Gasteiger partial charge in [0.25, 0.3) is 0 Å². The highest BCUT2D eigenvalue weighted by atomic mass is 16.3. The Balaban J connectivity index is 4.02. The highest BCUT2D eigenvalue weighted by Gasteiger charge is 2.16. The number of hydrogen-bond donors (Lipinski definition) is 2. The minimum Gasteiger partial charge on any atom is -0.392 e. The van der Waals surface area contributed by atoms with Crippen molar-refractivity contribution in [2.24, 2.45) is 5.92 Å². The second-order valence-electron chi connectivity index (χ2n) is 12.3. The molecule has 2 N–H and O–H groups in total. The molecule has 0 radical (unpaired) electrons. The van der Waals surface area contributed by atoms with Crippen LogP contribution in [0.3, 0.4) is 0 Å². The van der Waals surface area contributed by atoms with Gasteiger partial charge in [0.2, 0.25) is 0 Å². The van der Waals surface area contributed by atoms with Gasteiger partial charge in [-0.25, -0.2) is 0 Å². The van der Waals surface area contributed by atoms with E-state index in [1.807, 2.05) is 0 Å². The van der Waals surface area contributed by atoms with E-state index in [-0.39, 0.29) is 12.2 Å². The normalized spacial score (nSPS) is 14.4. The minimum atomic E-state index is -0.254. The first kappa shape index (κ1) is 36.9. The first-order valence-corrected chi connectivity index (χ1v) is 17.1. The van der Waals surface area contributed by atoms with Gasteiger partial charge in [0, 0.05) is 13.1 Å². The van der Waals surface area contributed by atoms with E-state index in [0.29, 0.717) is 5.92 Å². The van der Waals surface area contributed by atoms with Crippen LogP contribution in [-0.4, -0.2) is 47.0 Å². The average molecular weight is 526 g/mol. The van der Waals surface area contributed by atoms with Crippen LogP contribution in [0.4, 0.5) is 0 Å². The van der Waals surface area contributed by atoms with Crippen molar-refractivity contribution in [2.45, 2.75) is 194 Å². The molecule has 0 aliphatic rings. The molecule has 0 rings (SSSR count). The molecule has 0 aliphatic heterocycles. The van der Waals surface area contributed by atoms with E-state index in [4.69, 9.17) is 0 Å². The second kappa shape index (κ2) is 28.9. The number of nitrogens with zero attached hydrogens (tertiary/aromatic N) is 1. The molecule has 3 unspecified atom stereocenters. The predicted molar refractivity (Wildman–Crippen MR) is 165 cm³/mol. The lowest BCUT2D eigenvalue weighted by molar-refractivity contribution is 0.0579. The van der Waals surface area contributed by atoms with E-state index < -0.39 is 0 Å². The van der Waals surface area contributed by atoms with Crippen molar-refractivity contribution in [3.05, 3.63) is 0 Å². The van der Waals surface area contributed by atoms with Crippen LogP contribution < -0.4 is 0 Å². The van der Waals surface area contributed by atoms with E-state index in [9.17, 15) is 10.2 Å². The van der Waals surface area contributed by atoms with Crippen molar-refractivity contribution >= 4 is 0 Å². The molecule has 0 aromatic heterocycles. The molecular weight excluding hydrogens is 454 g/mol. The molecule has 0 aromatic carbocycles. The van der Waals surface area contributed by atoms with Gasteiger partial charge in [0.05, 0.1) is 12.2 Å². The van der Waals surface area contributed by atoms with Crippen LogP contribution in [0, 0.1) is 5.92 Å². The number of unbranched alkanes of at least 4 members (excludes halogenated alkanes) is 18. The Hall–Kier alpha value is -0.120. The fourth-order valence-corrected chi connectivity index (χ4v) is 5.38. The van der Waals surface area contributed by atoms with Gasteiger partial charge in [-0.3, -0.25) is 4.90 Å². The first-order chi connectivity index (χ1) is 18.0. The average Bonchev–Trinajstić information content (AvgIpc) is 2.89. The molecule has 3 atom stereocenters. The van der Waals surface area contributed by atoms with Crippen molar-refractivity contribution < 1.29 is 10.2 Å². The maximum atomic E-state index is 10.7. The summed E-state index contributed by atoms with van der Waals surface area (Å²) >= 11 is 0. The third-order valence-electron chi connectivity index (χ3n) is 8.35. The molecule has 37 heavy (non-hydrogen) atoms. The standard InChI is InChI=1S/C34H71NO2/c1-5-8-10-12-14-16-18-20-22-24-26-33(36)30-35(29-28-32(4)7-3)31-34(37)27-25-23-21-19-17-15-13-11-9-6-2/h32-34,36-37H,5-31H2,1-4H3. The van der Waals surface area contributed by atoms with Gasteiger partial charge in [-0.1, -0.05) is 163 Å². The summed E-state index contributed by atoms with van der Waals surface area (Å²) in [5, 5.41) is 21.4. The Labute approximate surface area is 234 Å². The van der Waals surface area contributed by atoms with E-state index >= 15 is 0 Å². The van der Waals surface area contributed by atoms with Crippen molar-refractivity contribution in [1.29, 1.82) is 0 Å². The number of hydrogen-bond acceptors (Lipinski definition) is 3. The van der Waals surface area contributed by atoms with Crippen LogP contribution in [0.15, 0.2) is 0 Å². The van der Waals surface area contributed by atoms with Crippen LogP contribution in [0.2, 0.25) is 0 Å². The van der Waals surface area contributed by atoms with Crippen LogP contribution in [0.25, 0.3) is 0 Å². The van der Waals surface area contributed by atoms with Crippen LogP contribution in [0.1, 0.15) is 182 Å². The van der Waals surface area contributed by atoms with Crippen molar-refractivity contribution in [1.82, 2.24) is 4.90 Å². The Morgan fingerprint density at radius 3 is 1.11 bits per heavy atom. The molecule has 0 heterocycles. The van der Waals surface area contributed by atoms with Crippen molar-refractivity contribution in [3.8, 4) is 0 Å². The summed E-state index contributed by atoms with van der Waals surface area (Å²) in [5.41, 5.74) is 0. The van der Waals surface area contributed by atoms with Gasteiger partial charge >= 0.3 is 0 Å². The summed E-state index contributed by atoms with van der Waals surface area (Å²) in [7, 11) is 0. The molecule has 0 bridgehead atoms. The SMILES string of the molecule is CCCCCCCCCCCCC(O)CN(CCC(C)CC)CC(O)CCCCCCCCCCCC. The number of rotatable bonds is 30. The monoisotopic (exact) mass is 526 g/mol. The zero-order valence-corrected chi connectivity index (χ0v) is 26.2. The van der Waals surface area contributed by atoms with Gasteiger partial charge in [0.15, 0.2) is 0 Å². The lowest BCUT2D eigenvalue weighted by atomic mass is 10.0. The maximum Gasteiger partial charge on any atom is 0.0667 e. The van der Waals surface area contributed by atoms with E-state index in [2.05, 4.69) is 32.6 Å². The molecular formula is C34H71NO2. The summed E-state index contributed by atoms with van der Waals surface area (Å²) in [6.45, 7) is 11.6. The lowest BCUT2D eigenvalue weighted by Gasteiger charge is -2.28. The Morgan fingerprint density at radius 1 is 0.459 bits per heavy atom. The molecule has 0 spiro atoms. The van der Waals surface area contributed by atoms with Gasteiger partial charge in [-0.2, -0.15) is 0 Å². The fraction of sp³-hybridized carbons (Fsp3) is 1.00. The second-order valence-corrected chi connectivity index (χ2v) is 12.3. The van der Waals surface area contributed by atoms with Crippen LogP contribution in [0.5, 0.6) is 0 Å². The molecule has 0 fully saturated rings. The molecule has 224 valence electrons. The number of aliphatic hydroxyl groups excluding tert-OH is 2. The Kier molecular flexibility index (Phi) is 28.8. The van der Waals surface area contributed by atoms with Crippen LogP contribution in [-0.2, 0) is 0 Å². The summed E-state index contributed by atoms with van der Waals surface area (Å²) in [4.78, 5) is 2.36. The van der Waals surface area contributed by atoms with E-state index in [0.717, 1.165) is 51.7 Å². The molecule has 0 saturated carbocycles. The Morgan fingerprint density at radius 2 is 0.784 bits per heavy atom. The van der Waals surface area contributed by atoms with Crippen molar-refractivity contribution in [3.63, 3.8) is 0 Å². The zero-order valence-electron chi connectivity index (χ0n) is 26.2. The number of aliphatic hydroxyl groups is 2. The summed E-state index contributed by atoms with van der Waals surface area (Å²) in [6, 6.07) is 0. The highest BCUT2D eigenvalue weighted by Crippen LogP contribution is 2.16. The molecule has 3 nitrogen and oxygen atoms in total. The molecule has 0 aliphatic carbocycles. The van der Waals surface area contributed by atoms with E-state index in [1.165, 1.54) is 122 Å². The zero-order chi connectivity index (χ0) is 27.4. The van der Waals surface area contributed by atoms with E-state index in [1.54, 1.807) is 0 Å². The third kappa shape index (κ3) is 27.2. The van der Waals surface area contributed by atoms with Crippen molar-refractivity contribution in [2.75, 3.05) is 19.6 Å². The van der Waals surface area contributed by atoms with Crippen LogP contribution >= 0.6 is 0 Å². The van der Waals surface area contributed by atoms with Gasteiger partial charge < -0.3 is 10.2 Å². The Bertz CT molecular complexity index is 398.